The summed E-state index contributed by atoms with van der Waals surface area (Å²) in [6, 6.07) is 0. The monoisotopic (exact) mass is 262 g/mol. The molecule has 1 saturated carbocycles. The predicted octanol–water partition coefficient (Wildman–Crippen LogP) is 1.54. The van der Waals surface area contributed by atoms with E-state index < -0.39 is 5.97 Å². The van der Waals surface area contributed by atoms with Gasteiger partial charge in [0, 0.05) is 12.8 Å². The highest BCUT2D eigenvalue weighted by Gasteiger charge is 2.49. The van der Waals surface area contributed by atoms with Gasteiger partial charge in [-0.25, -0.2) is 4.79 Å². The summed E-state index contributed by atoms with van der Waals surface area (Å²) in [4.78, 5) is 23.4. The van der Waals surface area contributed by atoms with Crippen LogP contribution in [0.2, 0.25) is 0 Å². The number of aliphatic hydroxyl groups excluding tert-OH is 1. The fourth-order valence-electron chi connectivity index (χ4n) is 3.59. The number of ether oxygens (including phenoxy) is 1. The summed E-state index contributed by atoms with van der Waals surface area (Å²) >= 11 is 0. The van der Waals surface area contributed by atoms with E-state index in [4.69, 9.17) is 4.74 Å². The Morgan fingerprint density at radius 3 is 2.84 bits per heavy atom. The highest BCUT2D eigenvalue weighted by Crippen LogP contribution is 2.53. The Balaban J connectivity index is 2.05. The van der Waals surface area contributed by atoms with E-state index in [1.165, 1.54) is 0 Å². The van der Waals surface area contributed by atoms with Crippen LogP contribution in [0.15, 0.2) is 22.8 Å². The first-order valence-corrected chi connectivity index (χ1v) is 6.73. The van der Waals surface area contributed by atoms with Crippen molar-refractivity contribution in [2.24, 2.45) is 11.3 Å². The smallest absolute Gasteiger partial charge is 0.337 e. The second-order valence-corrected chi connectivity index (χ2v) is 6.10. The minimum atomic E-state index is -0.399. The number of fused-ring (bicyclic) bond motifs is 2. The van der Waals surface area contributed by atoms with E-state index in [-0.39, 0.29) is 29.8 Å². The first kappa shape index (κ1) is 12.6. The van der Waals surface area contributed by atoms with Crippen molar-refractivity contribution in [2.75, 3.05) is 6.61 Å². The number of carbonyl (C=O) groups is 2. The quantitative estimate of drug-likeness (QED) is 0.728. The number of esters is 1. The molecule has 0 aromatic heterocycles. The number of aliphatic hydroxyl groups is 1. The maximum Gasteiger partial charge on any atom is 0.337 e. The summed E-state index contributed by atoms with van der Waals surface area (Å²) in [7, 11) is 0. The molecule has 0 radical (unpaired) electrons. The van der Waals surface area contributed by atoms with Crippen molar-refractivity contribution >= 4 is 11.8 Å². The molecule has 0 aromatic carbocycles. The molecule has 0 amide bonds. The van der Waals surface area contributed by atoms with Crippen LogP contribution in [0.5, 0.6) is 0 Å². The molecular weight excluding hydrogens is 244 g/mol. The van der Waals surface area contributed by atoms with Crippen LogP contribution in [0.25, 0.3) is 0 Å². The molecule has 0 spiro atoms. The van der Waals surface area contributed by atoms with Crippen molar-refractivity contribution < 1.29 is 19.4 Å². The summed E-state index contributed by atoms with van der Waals surface area (Å²) in [6.07, 6.45) is 3.33. The SMILES string of the molecule is C[C@H]1CC(=O)C=C2C[C@H]3OC(=O)C(CO)=C3C[C@@]21C. The van der Waals surface area contributed by atoms with Crippen LogP contribution in [0.3, 0.4) is 0 Å². The van der Waals surface area contributed by atoms with Crippen LogP contribution in [0.4, 0.5) is 0 Å². The van der Waals surface area contributed by atoms with Gasteiger partial charge < -0.3 is 9.84 Å². The van der Waals surface area contributed by atoms with Gasteiger partial charge in [0.05, 0.1) is 12.2 Å². The molecular formula is C15H18O4. The van der Waals surface area contributed by atoms with E-state index >= 15 is 0 Å². The lowest BCUT2D eigenvalue weighted by atomic mass is 9.59. The second kappa shape index (κ2) is 4.04. The van der Waals surface area contributed by atoms with Gasteiger partial charge in [0.15, 0.2) is 5.78 Å². The summed E-state index contributed by atoms with van der Waals surface area (Å²) in [5.74, 6) is 0.0209. The van der Waals surface area contributed by atoms with Crippen molar-refractivity contribution in [3.05, 3.63) is 22.8 Å². The highest BCUT2D eigenvalue weighted by atomic mass is 16.5. The predicted molar refractivity (Wildman–Crippen MR) is 68.2 cm³/mol. The van der Waals surface area contributed by atoms with Gasteiger partial charge in [0.25, 0.3) is 0 Å². The topological polar surface area (TPSA) is 63.6 Å². The number of allylic oxidation sites excluding steroid dienone is 1. The summed E-state index contributed by atoms with van der Waals surface area (Å²) in [6.45, 7) is 3.98. The number of hydrogen-bond donors (Lipinski definition) is 1. The molecule has 102 valence electrons. The Kier molecular flexibility index (Phi) is 2.68. The summed E-state index contributed by atoms with van der Waals surface area (Å²) in [5.41, 5.74) is 2.37. The van der Waals surface area contributed by atoms with E-state index in [2.05, 4.69) is 13.8 Å². The Hall–Kier alpha value is -1.42. The molecule has 1 N–H and O–H groups in total. The highest BCUT2D eigenvalue weighted by molar-refractivity contribution is 5.94. The van der Waals surface area contributed by atoms with Crippen molar-refractivity contribution in [1.82, 2.24) is 0 Å². The molecule has 4 nitrogen and oxygen atoms in total. The Labute approximate surface area is 112 Å². The fraction of sp³-hybridized carbons (Fsp3) is 0.600. The summed E-state index contributed by atoms with van der Waals surface area (Å²) < 4.78 is 5.31. The Bertz CT molecular complexity index is 528. The van der Waals surface area contributed by atoms with Crippen LogP contribution >= 0.6 is 0 Å². The van der Waals surface area contributed by atoms with E-state index in [1.807, 2.05) is 0 Å². The molecule has 0 bridgehead atoms. The van der Waals surface area contributed by atoms with Crippen LogP contribution < -0.4 is 0 Å². The maximum atomic E-state index is 11.7. The van der Waals surface area contributed by atoms with E-state index in [0.29, 0.717) is 24.8 Å². The standard InChI is InChI=1S/C15H18O4/c1-8-3-10(17)4-9-5-13-11(6-15(8,9)2)12(7-16)14(18)19-13/h4,8,13,16H,3,5-7H2,1-2H3/t8-,13+,15+/m0/s1. The molecule has 1 aliphatic heterocycles. The van der Waals surface area contributed by atoms with Crippen molar-refractivity contribution in [3.8, 4) is 0 Å². The van der Waals surface area contributed by atoms with Gasteiger partial charge in [-0.3, -0.25) is 4.79 Å². The number of hydrogen-bond acceptors (Lipinski definition) is 4. The van der Waals surface area contributed by atoms with Gasteiger partial charge in [-0.05, 0) is 29.4 Å². The fourth-order valence-corrected chi connectivity index (χ4v) is 3.59. The first-order valence-electron chi connectivity index (χ1n) is 6.73. The number of carbonyl (C=O) groups excluding carboxylic acids is 2. The van der Waals surface area contributed by atoms with E-state index in [1.54, 1.807) is 6.08 Å². The minimum absolute atomic E-state index is 0.0891. The molecule has 0 saturated heterocycles. The van der Waals surface area contributed by atoms with Gasteiger partial charge in [-0.1, -0.05) is 19.4 Å². The molecule has 3 atom stereocenters. The van der Waals surface area contributed by atoms with Crippen molar-refractivity contribution in [1.29, 1.82) is 0 Å². The van der Waals surface area contributed by atoms with Gasteiger partial charge in [-0.15, -0.1) is 0 Å². The first-order chi connectivity index (χ1) is 8.95. The third kappa shape index (κ3) is 1.70. The molecule has 19 heavy (non-hydrogen) atoms. The Morgan fingerprint density at radius 2 is 2.16 bits per heavy atom. The zero-order chi connectivity index (χ0) is 13.8. The normalized spacial score (nSPS) is 37.7. The molecule has 3 rings (SSSR count). The lowest BCUT2D eigenvalue weighted by Gasteiger charge is -2.45. The minimum Gasteiger partial charge on any atom is -0.454 e. The third-order valence-electron chi connectivity index (χ3n) is 5.06. The van der Waals surface area contributed by atoms with Gasteiger partial charge >= 0.3 is 5.97 Å². The summed E-state index contributed by atoms with van der Waals surface area (Å²) in [5, 5.41) is 9.34. The van der Waals surface area contributed by atoms with Crippen LogP contribution in [-0.2, 0) is 14.3 Å². The van der Waals surface area contributed by atoms with E-state index in [0.717, 1.165) is 11.1 Å². The van der Waals surface area contributed by atoms with Gasteiger partial charge in [-0.2, -0.15) is 0 Å². The number of ketones is 1. The molecule has 1 fully saturated rings. The largest absolute Gasteiger partial charge is 0.454 e. The Morgan fingerprint density at radius 1 is 1.42 bits per heavy atom. The zero-order valence-corrected chi connectivity index (χ0v) is 11.2. The lowest BCUT2D eigenvalue weighted by Crippen LogP contribution is -2.40. The van der Waals surface area contributed by atoms with Crippen LogP contribution in [0.1, 0.15) is 33.1 Å². The number of rotatable bonds is 1. The van der Waals surface area contributed by atoms with Gasteiger partial charge in [0.2, 0.25) is 0 Å². The van der Waals surface area contributed by atoms with Crippen molar-refractivity contribution in [2.45, 2.75) is 39.2 Å². The maximum absolute atomic E-state index is 11.7. The molecule has 1 heterocycles. The second-order valence-electron chi connectivity index (χ2n) is 6.10. The van der Waals surface area contributed by atoms with Gasteiger partial charge in [0.1, 0.15) is 6.10 Å². The third-order valence-corrected chi connectivity index (χ3v) is 5.06. The molecule has 3 aliphatic rings. The van der Waals surface area contributed by atoms with E-state index in [9.17, 15) is 14.7 Å². The molecule has 0 unspecified atom stereocenters. The van der Waals surface area contributed by atoms with Crippen molar-refractivity contribution in [3.63, 3.8) is 0 Å². The zero-order valence-electron chi connectivity index (χ0n) is 11.2. The lowest BCUT2D eigenvalue weighted by molar-refractivity contribution is -0.140. The van der Waals surface area contributed by atoms with Crippen LogP contribution in [-0.4, -0.2) is 29.6 Å². The van der Waals surface area contributed by atoms with Crippen LogP contribution in [0, 0.1) is 11.3 Å². The molecule has 2 aliphatic carbocycles. The molecule has 0 aromatic rings. The average Bonchev–Trinajstić information content (AvgIpc) is 2.62. The average molecular weight is 262 g/mol. The molecule has 4 heteroatoms.